The maximum Gasteiger partial charge on any atom is 0.322 e. The molecule has 2 N–H and O–H groups in total. The van der Waals surface area contributed by atoms with Crippen LogP contribution in [0.5, 0.6) is 0 Å². The van der Waals surface area contributed by atoms with Gasteiger partial charge in [0.2, 0.25) is 5.91 Å². The minimum Gasteiger partial charge on any atom is -0.480 e. The van der Waals surface area contributed by atoms with Crippen LogP contribution >= 0.6 is 0 Å². The van der Waals surface area contributed by atoms with Gasteiger partial charge < -0.3 is 15.1 Å². The Labute approximate surface area is 113 Å². The summed E-state index contributed by atoms with van der Waals surface area (Å²) in [6.45, 7) is 1.46. The number of aliphatic carboxylic acids is 1. The number of amides is 1. The number of nitrogens with zero attached hydrogens (tertiary/aromatic N) is 2. The number of hydrogen-bond acceptors (Lipinski definition) is 4. The molecule has 2 rings (SSSR count). The van der Waals surface area contributed by atoms with E-state index < -0.39 is 12.0 Å². The van der Waals surface area contributed by atoms with Crippen LogP contribution in [0.3, 0.4) is 0 Å². The van der Waals surface area contributed by atoms with Crippen LogP contribution in [-0.2, 0) is 9.59 Å². The number of piperazine rings is 1. The maximum absolute atomic E-state index is 12.4. The van der Waals surface area contributed by atoms with Crippen molar-refractivity contribution in [3.63, 3.8) is 0 Å². The van der Waals surface area contributed by atoms with Gasteiger partial charge in [0.05, 0.1) is 6.10 Å². The molecule has 0 aromatic carbocycles. The van der Waals surface area contributed by atoms with Crippen LogP contribution in [-0.4, -0.2) is 70.7 Å². The van der Waals surface area contributed by atoms with Crippen LogP contribution in [0, 0.1) is 5.92 Å². The van der Waals surface area contributed by atoms with Crippen LogP contribution in [0.15, 0.2) is 0 Å². The van der Waals surface area contributed by atoms with E-state index in [0.29, 0.717) is 38.8 Å². The van der Waals surface area contributed by atoms with E-state index in [1.54, 1.807) is 16.8 Å². The second kappa shape index (κ2) is 5.88. The van der Waals surface area contributed by atoms with E-state index in [-0.39, 0.29) is 24.5 Å². The third-order valence-corrected chi connectivity index (χ3v) is 4.29. The number of hydrogen-bond donors (Lipinski definition) is 2. The summed E-state index contributed by atoms with van der Waals surface area (Å²) in [5.74, 6) is -0.855. The molecule has 1 saturated heterocycles. The lowest BCUT2D eigenvalue weighted by Gasteiger charge is -2.39. The Hall–Kier alpha value is -1.14. The minimum absolute atomic E-state index is 0.0405. The van der Waals surface area contributed by atoms with E-state index >= 15 is 0 Å². The largest absolute Gasteiger partial charge is 0.480 e. The smallest absolute Gasteiger partial charge is 0.322 e. The molecule has 0 spiro atoms. The Kier molecular flexibility index (Phi) is 4.42. The molecule has 1 atom stereocenters. The molecular formula is C13H22N2O4. The van der Waals surface area contributed by atoms with Crippen molar-refractivity contribution in [3.05, 3.63) is 0 Å². The van der Waals surface area contributed by atoms with E-state index in [1.807, 2.05) is 0 Å². The standard InChI is InChI=1S/C13H22N2O4/c1-14-6-7-15(8-11(14)13(18)19)12(17)9-2-4-10(16)5-3-9/h9-11,16H,2-8H2,1H3,(H,18,19)/t9?,10?,11-/m0/s1. The van der Waals surface area contributed by atoms with Crippen molar-refractivity contribution in [2.24, 2.45) is 5.92 Å². The molecule has 2 aliphatic rings. The van der Waals surface area contributed by atoms with Crippen molar-refractivity contribution >= 4 is 11.9 Å². The van der Waals surface area contributed by atoms with Crippen LogP contribution in [0.25, 0.3) is 0 Å². The predicted molar refractivity (Wildman–Crippen MR) is 68.6 cm³/mol. The Morgan fingerprint density at radius 2 is 1.74 bits per heavy atom. The number of carbonyl (C=O) groups excluding carboxylic acids is 1. The van der Waals surface area contributed by atoms with E-state index in [9.17, 15) is 14.7 Å². The summed E-state index contributed by atoms with van der Waals surface area (Å²) in [4.78, 5) is 27.0. The van der Waals surface area contributed by atoms with Gasteiger partial charge in [-0.3, -0.25) is 14.5 Å². The first kappa shape index (κ1) is 14.3. The van der Waals surface area contributed by atoms with Gasteiger partial charge in [-0.15, -0.1) is 0 Å². The quantitative estimate of drug-likeness (QED) is 0.724. The number of carboxylic acids is 1. The fraction of sp³-hybridized carbons (Fsp3) is 0.846. The number of carboxylic acid groups (broad SMARTS) is 1. The maximum atomic E-state index is 12.4. The van der Waals surface area contributed by atoms with Crippen molar-refractivity contribution in [1.82, 2.24) is 9.80 Å². The molecule has 2 fully saturated rings. The molecule has 1 aliphatic heterocycles. The van der Waals surface area contributed by atoms with Gasteiger partial charge in [-0.05, 0) is 32.7 Å². The Morgan fingerprint density at radius 3 is 2.32 bits per heavy atom. The molecule has 6 heteroatoms. The first-order valence-electron chi connectivity index (χ1n) is 6.89. The zero-order valence-corrected chi connectivity index (χ0v) is 11.3. The van der Waals surface area contributed by atoms with Crippen molar-refractivity contribution in [1.29, 1.82) is 0 Å². The topological polar surface area (TPSA) is 81.1 Å². The summed E-state index contributed by atoms with van der Waals surface area (Å²) >= 11 is 0. The lowest BCUT2D eigenvalue weighted by atomic mass is 9.86. The highest BCUT2D eigenvalue weighted by Crippen LogP contribution is 2.26. The van der Waals surface area contributed by atoms with Crippen molar-refractivity contribution < 1.29 is 19.8 Å². The van der Waals surface area contributed by atoms with Crippen LogP contribution in [0.1, 0.15) is 25.7 Å². The van der Waals surface area contributed by atoms with Crippen molar-refractivity contribution in [2.45, 2.75) is 37.8 Å². The molecule has 1 saturated carbocycles. The molecule has 0 bridgehead atoms. The lowest BCUT2D eigenvalue weighted by Crippen LogP contribution is -2.57. The highest BCUT2D eigenvalue weighted by Gasteiger charge is 2.35. The first-order valence-corrected chi connectivity index (χ1v) is 6.89. The number of aliphatic hydroxyl groups excluding tert-OH is 1. The van der Waals surface area contributed by atoms with Gasteiger partial charge in [0.25, 0.3) is 0 Å². The molecule has 0 radical (unpaired) electrons. The summed E-state index contributed by atoms with van der Waals surface area (Å²) < 4.78 is 0. The summed E-state index contributed by atoms with van der Waals surface area (Å²) in [6.07, 6.45) is 2.50. The number of aliphatic hydroxyl groups is 1. The number of rotatable bonds is 2. The summed E-state index contributed by atoms with van der Waals surface area (Å²) in [5, 5.41) is 18.6. The van der Waals surface area contributed by atoms with Gasteiger partial charge >= 0.3 is 5.97 Å². The first-order chi connectivity index (χ1) is 8.99. The van der Waals surface area contributed by atoms with Gasteiger partial charge in [0.15, 0.2) is 0 Å². The zero-order valence-electron chi connectivity index (χ0n) is 11.3. The number of carbonyl (C=O) groups is 2. The van der Waals surface area contributed by atoms with E-state index in [2.05, 4.69) is 0 Å². The fourth-order valence-corrected chi connectivity index (χ4v) is 2.92. The van der Waals surface area contributed by atoms with Gasteiger partial charge in [-0.2, -0.15) is 0 Å². The fourth-order valence-electron chi connectivity index (χ4n) is 2.92. The van der Waals surface area contributed by atoms with Crippen molar-refractivity contribution in [2.75, 3.05) is 26.7 Å². The average Bonchev–Trinajstić information content (AvgIpc) is 2.39. The van der Waals surface area contributed by atoms with Crippen molar-refractivity contribution in [3.8, 4) is 0 Å². The third kappa shape index (κ3) is 3.25. The Bertz CT molecular complexity index is 353. The summed E-state index contributed by atoms with van der Waals surface area (Å²) in [5.41, 5.74) is 0. The average molecular weight is 270 g/mol. The minimum atomic E-state index is -0.876. The van der Waals surface area contributed by atoms with E-state index in [4.69, 9.17) is 5.11 Å². The second-order valence-corrected chi connectivity index (χ2v) is 5.62. The SMILES string of the molecule is CN1CCN(C(=O)C2CCC(O)CC2)C[C@H]1C(=O)O. The highest BCUT2D eigenvalue weighted by atomic mass is 16.4. The molecule has 1 aliphatic carbocycles. The molecule has 6 nitrogen and oxygen atoms in total. The van der Waals surface area contributed by atoms with Crippen LogP contribution in [0.2, 0.25) is 0 Å². The monoisotopic (exact) mass is 270 g/mol. The molecule has 1 amide bonds. The molecule has 19 heavy (non-hydrogen) atoms. The molecule has 108 valence electrons. The lowest BCUT2D eigenvalue weighted by molar-refractivity contribution is -0.149. The normalized spacial score (nSPS) is 33.2. The van der Waals surface area contributed by atoms with Gasteiger partial charge in [-0.1, -0.05) is 0 Å². The molecular weight excluding hydrogens is 248 g/mol. The summed E-state index contributed by atoms with van der Waals surface area (Å²) in [7, 11) is 1.78. The predicted octanol–water partition coefficient (Wildman–Crippen LogP) is -0.235. The summed E-state index contributed by atoms with van der Waals surface area (Å²) in [6, 6.07) is -0.605. The Balaban J connectivity index is 1.94. The van der Waals surface area contributed by atoms with Crippen LogP contribution in [0.4, 0.5) is 0 Å². The van der Waals surface area contributed by atoms with Gasteiger partial charge in [0, 0.05) is 25.6 Å². The van der Waals surface area contributed by atoms with Crippen LogP contribution < -0.4 is 0 Å². The zero-order chi connectivity index (χ0) is 14.0. The number of likely N-dealkylation sites (N-methyl/N-ethyl adjacent to an activating group) is 1. The van der Waals surface area contributed by atoms with E-state index in [1.165, 1.54) is 0 Å². The third-order valence-electron chi connectivity index (χ3n) is 4.29. The van der Waals surface area contributed by atoms with E-state index in [0.717, 1.165) is 0 Å². The molecule has 0 unspecified atom stereocenters. The van der Waals surface area contributed by atoms with Gasteiger partial charge in [-0.25, -0.2) is 0 Å². The molecule has 0 aromatic heterocycles. The highest BCUT2D eigenvalue weighted by molar-refractivity contribution is 5.81. The second-order valence-electron chi connectivity index (χ2n) is 5.62. The molecule has 0 aromatic rings. The Morgan fingerprint density at radius 1 is 1.11 bits per heavy atom. The van der Waals surface area contributed by atoms with Gasteiger partial charge in [0.1, 0.15) is 6.04 Å². The molecule has 1 heterocycles.